The Morgan fingerprint density at radius 1 is 1.23 bits per heavy atom. The Morgan fingerprint density at radius 2 is 1.95 bits per heavy atom. The van der Waals surface area contributed by atoms with E-state index in [1.54, 1.807) is 38.5 Å². The molecule has 0 bridgehead atoms. The van der Waals surface area contributed by atoms with E-state index in [1.807, 2.05) is 18.2 Å². The number of methoxy groups -OCH3 is 2. The highest BCUT2D eigenvalue weighted by Crippen LogP contribution is 2.37. The second-order valence-corrected chi connectivity index (χ2v) is 5.70. The van der Waals surface area contributed by atoms with Crippen LogP contribution in [0.2, 0.25) is 5.02 Å². The number of allylic oxidation sites excluding steroid dienone is 1. The summed E-state index contributed by atoms with van der Waals surface area (Å²) in [7, 11) is 3.13. The molecule has 0 unspecified atom stereocenters. The number of nitriles is 1. The molecular weight excluding hydrogens is 366 g/mol. The minimum atomic E-state index is 0.448. The van der Waals surface area contributed by atoms with Crippen LogP contribution in [-0.2, 0) is 0 Å². The average molecular weight is 379 g/mol. The molecule has 2 rings (SSSR count). The summed E-state index contributed by atoms with van der Waals surface area (Å²) in [5.41, 5.74) is 1.85. The molecule has 0 spiro atoms. The SMILES string of the molecule is COc1cc(Br)cc(C=C(C#N)c2ccccc2Cl)c1OC. The maximum Gasteiger partial charge on any atom is 0.168 e. The van der Waals surface area contributed by atoms with Gasteiger partial charge in [-0.3, -0.25) is 0 Å². The number of ether oxygens (including phenoxy) is 2. The minimum Gasteiger partial charge on any atom is -0.493 e. The molecule has 0 atom stereocenters. The Bertz CT molecular complexity index is 766. The number of hydrogen-bond acceptors (Lipinski definition) is 3. The van der Waals surface area contributed by atoms with E-state index in [0.717, 1.165) is 10.0 Å². The van der Waals surface area contributed by atoms with Crippen molar-refractivity contribution in [1.29, 1.82) is 5.26 Å². The van der Waals surface area contributed by atoms with E-state index in [1.165, 1.54) is 0 Å². The fourth-order valence-corrected chi connectivity index (χ4v) is 2.76. The fourth-order valence-electron chi connectivity index (χ4n) is 2.07. The Morgan fingerprint density at radius 3 is 2.55 bits per heavy atom. The van der Waals surface area contributed by atoms with Crippen molar-refractivity contribution in [2.45, 2.75) is 0 Å². The highest BCUT2D eigenvalue weighted by atomic mass is 79.9. The molecule has 0 aliphatic rings. The second kappa shape index (κ2) is 7.35. The van der Waals surface area contributed by atoms with E-state index < -0.39 is 0 Å². The standard InChI is InChI=1S/C17H13BrClNO2/c1-21-16-9-13(18)8-11(17(16)22-2)7-12(10-20)14-5-3-4-6-15(14)19/h3-9H,1-2H3. The number of halogens is 2. The van der Waals surface area contributed by atoms with Gasteiger partial charge in [-0.25, -0.2) is 0 Å². The third-order valence-corrected chi connectivity index (χ3v) is 3.84. The van der Waals surface area contributed by atoms with Gasteiger partial charge in [0.05, 0.1) is 25.9 Å². The first-order chi connectivity index (χ1) is 10.6. The lowest BCUT2D eigenvalue weighted by Gasteiger charge is -2.12. The van der Waals surface area contributed by atoms with Crippen molar-refractivity contribution >= 4 is 39.2 Å². The van der Waals surface area contributed by atoms with Gasteiger partial charge in [-0.05, 0) is 24.3 Å². The molecule has 0 fully saturated rings. The van der Waals surface area contributed by atoms with Crippen molar-refractivity contribution in [3.05, 3.63) is 57.0 Å². The van der Waals surface area contributed by atoms with Gasteiger partial charge < -0.3 is 9.47 Å². The molecule has 0 aliphatic carbocycles. The van der Waals surface area contributed by atoms with Gasteiger partial charge in [0.15, 0.2) is 11.5 Å². The monoisotopic (exact) mass is 377 g/mol. The molecule has 0 aromatic heterocycles. The van der Waals surface area contributed by atoms with Crippen LogP contribution in [0, 0.1) is 11.3 Å². The lowest BCUT2D eigenvalue weighted by atomic mass is 10.0. The first-order valence-electron chi connectivity index (χ1n) is 6.39. The van der Waals surface area contributed by atoms with Crippen LogP contribution >= 0.6 is 27.5 Å². The molecule has 112 valence electrons. The Balaban J connectivity index is 2.63. The lowest BCUT2D eigenvalue weighted by molar-refractivity contribution is 0.354. The summed E-state index contributed by atoms with van der Waals surface area (Å²) in [5, 5.41) is 9.99. The van der Waals surface area contributed by atoms with Gasteiger partial charge in [-0.2, -0.15) is 5.26 Å². The van der Waals surface area contributed by atoms with Crippen LogP contribution in [0.1, 0.15) is 11.1 Å². The number of rotatable bonds is 4. The van der Waals surface area contributed by atoms with Crippen molar-refractivity contribution in [3.63, 3.8) is 0 Å². The topological polar surface area (TPSA) is 42.2 Å². The molecule has 0 saturated carbocycles. The Hall–Kier alpha value is -1.96. The third kappa shape index (κ3) is 3.44. The zero-order valence-electron chi connectivity index (χ0n) is 12.1. The molecule has 0 aliphatic heterocycles. The smallest absolute Gasteiger partial charge is 0.168 e. The number of hydrogen-bond donors (Lipinski definition) is 0. The summed E-state index contributed by atoms with van der Waals surface area (Å²) < 4.78 is 11.5. The van der Waals surface area contributed by atoms with Gasteiger partial charge in [0, 0.05) is 20.6 Å². The molecule has 5 heteroatoms. The highest BCUT2D eigenvalue weighted by Gasteiger charge is 2.13. The Labute approximate surface area is 142 Å². The van der Waals surface area contributed by atoms with E-state index in [-0.39, 0.29) is 0 Å². The second-order valence-electron chi connectivity index (χ2n) is 4.38. The van der Waals surface area contributed by atoms with Gasteiger partial charge >= 0.3 is 0 Å². The highest BCUT2D eigenvalue weighted by molar-refractivity contribution is 9.10. The van der Waals surface area contributed by atoms with E-state index in [0.29, 0.717) is 27.7 Å². The summed E-state index contributed by atoms with van der Waals surface area (Å²) in [4.78, 5) is 0. The fraction of sp³-hybridized carbons (Fsp3) is 0.118. The number of nitrogens with zero attached hydrogens (tertiary/aromatic N) is 1. The van der Waals surface area contributed by atoms with Crippen LogP contribution in [0.15, 0.2) is 40.9 Å². The summed E-state index contributed by atoms with van der Waals surface area (Å²) in [5.74, 6) is 1.14. The summed E-state index contributed by atoms with van der Waals surface area (Å²) >= 11 is 9.60. The maximum absolute atomic E-state index is 9.46. The minimum absolute atomic E-state index is 0.448. The van der Waals surface area contributed by atoms with Crippen molar-refractivity contribution < 1.29 is 9.47 Å². The van der Waals surface area contributed by atoms with Gasteiger partial charge in [0.25, 0.3) is 0 Å². The molecule has 0 heterocycles. The molecule has 0 N–H and O–H groups in total. The number of benzene rings is 2. The van der Waals surface area contributed by atoms with Crippen LogP contribution in [0.5, 0.6) is 11.5 Å². The van der Waals surface area contributed by atoms with E-state index in [9.17, 15) is 5.26 Å². The van der Waals surface area contributed by atoms with Crippen LogP contribution in [0.3, 0.4) is 0 Å². The molecule has 22 heavy (non-hydrogen) atoms. The van der Waals surface area contributed by atoms with Crippen LogP contribution < -0.4 is 9.47 Å². The van der Waals surface area contributed by atoms with E-state index >= 15 is 0 Å². The Kier molecular flexibility index (Phi) is 5.48. The zero-order valence-corrected chi connectivity index (χ0v) is 14.4. The van der Waals surface area contributed by atoms with Crippen LogP contribution in [0.4, 0.5) is 0 Å². The van der Waals surface area contributed by atoms with Crippen molar-refractivity contribution in [3.8, 4) is 17.6 Å². The maximum atomic E-state index is 9.46. The third-order valence-electron chi connectivity index (χ3n) is 3.06. The molecule has 0 radical (unpaired) electrons. The van der Waals surface area contributed by atoms with Crippen LogP contribution in [-0.4, -0.2) is 14.2 Å². The average Bonchev–Trinajstić information content (AvgIpc) is 2.52. The molecule has 2 aromatic carbocycles. The molecule has 2 aromatic rings. The van der Waals surface area contributed by atoms with Gasteiger partial charge in [0.2, 0.25) is 0 Å². The van der Waals surface area contributed by atoms with E-state index in [2.05, 4.69) is 22.0 Å². The quantitative estimate of drug-likeness (QED) is 0.543. The van der Waals surface area contributed by atoms with Crippen molar-refractivity contribution in [1.82, 2.24) is 0 Å². The molecule has 3 nitrogen and oxygen atoms in total. The predicted molar refractivity (Wildman–Crippen MR) is 92.2 cm³/mol. The largest absolute Gasteiger partial charge is 0.493 e. The summed E-state index contributed by atoms with van der Waals surface area (Å²) in [6.07, 6.45) is 1.73. The predicted octanol–water partition coefficient (Wildman–Crippen LogP) is 5.18. The molecular formula is C17H13BrClNO2. The van der Waals surface area contributed by atoms with Gasteiger partial charge in [-0.1, -0.05) is 45.7 Å². The van der Waals surface area contributed by atoms with E-state index in [4.69, 9.17) is 21.1 Å². The van der Waals surface area contributed by atoms with Crippen LogP contribution in [0.25, 0.3) is 11.6 Å². The summed E-state index contributed by atoms with van der Waals surface area (Å²) in [6, 6.07) is 13.1. The lowest BCUT2D eigenvalue weighted by Crippen LogP contribution is -1.94. The van der Waals surface area contributed by atoms with Gasteiger partial charge in [0.1, 0.15) is 0 Å². The van der Waals surface area contributed by atoms with Crippen molar-refractivity contribution in [2.75, 3.05) is 14.2 Å². The van der Waals surface area contributed by atoms with Gasteiger partial charge in [-0.15, -0.1) is 0 Å². The zero-order chi connectivity index (χ0) is 16.1. The van der Waals surface area contributed by atoms with Crippen molar-refractivity contribution in [2.24, 2.45) is 0 Å². The normalized spacial score (nSPS) is 11.0. The summed E-state index contributed by atoms with van der Waals surface area (Å²) in [6.45, 7) is 0. The molecule has 0 saturated heterocycles. The first-order valence-corrected chi connectivity index (χ1v) is 7.56. The molecule has 0 amide bonds. The first kappa shape index (κ1) is 16.4.